The van der Waals surface area contributed by atoms with Crippen molar-refractivity contribution in [2.75, 3.05) is 11.9 Å². The van der Waals surface area contributed by atoms with E-state index >= 15 is 0 Å². The smallest absolute Gasteiger partial charge is 0.326 e. The Morgan fingerprint density at radius 2 is 1.79 bits per heavy atom. The lowest BCUT2D eigenvalue weighted by Crippen LogP contribution is -2.43. The van der Waals surface area contributed by atoms with Gasteiger partial charge in [-0.1, -0.05) is 29.8 Å². The summed E-state index contributed by atoms with van der Waals surface area (Å²) < 4.78 is 0.902. The van der Waals surface area contributed by atoms with Crippen LogP contribution in [0.2, 0.25) is 0 Å². The van der Waals surface area contributed by atoms with E-state index in [2.05, 4.69) is 31.9 Å². The van der Waals surface area contributed by atoms with Crippen LogP contribution in [0, 0.1) is 5.92 Å². The molecule has 1 rings (SSSR count). The van der Waals surface area contributed by atoms with Crippen LogP contribution >= 0.6 is 15.9 Å². The maximum absolute atomic E-state index is 11.8. The van der Waals surface area contributed by atoms with Gasteiger partial charge in [-0.3, -0.25) is 4.79 Å². The molecule has 3 amide bonds. The molecule has 1 aromatic carbocycles. The molecule has 0 radical (unpaired) electrons. The van der Waals surface area contributed by atoms with Crippen molar-refractivity contribution in [1.29, 1.82) is 0 Å². The predicted molar refractivity (Wildman–Crippen MR) is 94.8 cm³/mol. The molecule has 0 aromatic heterocycles. The molecule has 1 aromatic rings. The summed E-state index contributed by atoms with van der Waals surface area (Å²) in [5.41, 5.74) is 0.628. The summed E-state index contributed by atoms with van der Waals surface area (Å²) in [4.78, 5) is 34.5. The molecule has 0 bridgehead atoms. The Hall–Kier alpha value is -2.09. The van der Waals surface area contributed by atoms with Crippen LogP contribution in [0.4, 0.5) is 10.5 Å². The van der Waals surface area contributed by atoms with Gasteiger partial charge >= 0.3 is 12.0 Å². The highest BCUT2D eigenvalue weighted by Gasteiger charge is 2.20. The van der Waals surface area contributed by atoms with Gasteiger partial charge in [-0.25, -0.2) is 9.59 Å². The molecule has 1 unspecified atom stereocenters. The summed E-state index contributed by atoms with van der Waals surface area (Å²) in [5, 5.41) is 16.7. The quantitative estimate of drug-likeness (QED) is 0.538. The van der Waals surface area contributed by atoms with E-state index in [-0.39, 0.29) is 18.9 Å². The zero-order valence-corrected chi connectivity index (χ0v) is 15.2. The number of aliphatic carboxylic acids is 1. The number of benzene rings is 1. The lowest BCUT2D eigenvalue weighted by atomic mass is 10.0. The zero-order valence-electron chi connectivity index (χ0n) is 13.6. The Labute approximate surface area is 149 Å². The standard InChI is InChI=1S/C16H22BrN3O4/c1-10(2)9-13(15(22)23)20-14(21)7-8-18-16(24)19-12-5-3-11(17)4-6-12/h3-6,10,13H,7-9H2,1-2H3,(H,20,21)(H,22,23)(H2,18,19,24). The fourth-order valence-corrected chi connectivity index (χ4v) is 2.22. The molecule has 0 spiro atoms. The molecular formula is C16H22BrN3O4. The topological polar surface area (TPSA) is 108 Å². The average Bonchev–Trinajstić information content (AvgIpc) is 2.48. The van der Waals surface area contributed by atoms with Gasteiger partial charge < -0.3 is 21.1 Å². The minimum absolute atomic E-state index is 0.00956. The first-order valence-corrected chi connectivity index (χ1v) is 8.39. The largest absolute Gasteiger partial charge is 0.480 e. The van der Waals surface area contributed by atoms with Crippen molar-refractivity contribution in [3.8, 4) is 0 Å². The molecule has 0 aliphatic heterocycles. The van der Waals surface area contributed by atoms with Gasteiger partial charge in [-0.2, -0.15) is 0 Å². The molecule has 0 aliphatic carbocycles. The highest BCUT2D eigenvalue weighted by molar-refractivity contribution is 9.10. The lowest BCUT2D eigenvalue weighted by molar-refractivity contribution is -0.142. The molecule has 0 aliphatic rings. The van der Waals surface area contributed by atoms with Crippen LogP contribution in [-0.4, -0.2) is 35.6 Å². The highest BCUT2D eigenvalue weighted by Crippen LogP contribution is 2.13. The normalized spacial score (nSPS) is 11.7. The Kier molecular flexibility index (Phi) is 8.25. The van der Waals surface area contributed by atoms with Crippen LogP contribution in [0.5, 0.6) is 0 Å². The number of carboxylic acids is 1. The third-order valence-corrected chi connectivity index (χ3v) is 3.61. The van der Waals surface area contributed by atoms with Gasteiger partial charge in [0.2, 0.25) is 5.91 Å². The van der Waals surface area contributed by atoms with Crippen LogP contribution < -0.4 is 16.0 Å². The van der Waals surface area contributed by atoms with Crippen LogP contribution in [0.3, 0.4) is 0 Å². The van der Waals surface area contributed by atoms with E-state index in [0.29, 0.717) is 12.1 Å². The van der Waals surface area contributed by atoms with Crippen LogP contribution in [0.25, 0.3) is 0 Å². The number of anilines is 1. The number of carbonyl (C=O) groups is 3. The summed E-state index contributed by atoms with van der Waals surface area (Å²) in [6.45, 7) is 3.88. The molecule has 1 atom stereocenters. The summed E-state index contributed by atoms with van der Waals surface area (Å²) in [6, 6.07) is 5.73. The van der Waals surface area contributed by atoms with Crippen LogP contribution in [0.1, 0.15) is 26.7 Å². The summed E-state index contributed by atoms with van der Waals surface area (Å²) in [6.07, 6.45) is 0.369. The Balaban J connectivity index is 2.32. The Morgan fingerprint density at radius 3 is 2.33 bits per heavy atom. The van der Waals surface area contributed by atoms with Gasteiger partial charge in [0.15, 0.2) is 0 Å². The first-order valence-electron chi connectivity index (χ1n) is 7.60. The second kappa shape index (κ2) is 9.92. The lowest BCUT2D eigenvalue weighted by Gasteiger charge is -2.16. The van der Waals surface area contributed by atoms with Gasteiger partial charge in [0.05, 0.1) is 0 Å². The number of carboxylic acid groups (broad SMARTS) is 1. The van der Waals surface area contributed by atoms with E-state index in [1.54, 1.807) is 24.3 Å². The fraction of sp³-hybridized carbons (Fsp3) is 0.438. The van der Waals surface area contributed by atoms with Crippen molar-refractivity contribution in [2.45, 2.75) is 32.7 Å². The van der Waals surface area contributed by atoms with Gasteiger partial charge in [-0.15, -0.1) is 0 Å². The van der Waals surface area contributed by atoms with Crippen LogP contribution in [-0.2, 0) is 9.59 Å². The number of hydrogen-bond acceptors (Lipinski definition) is 3. The van der Waals surface area contributed by atoms with Crippen LogP contribution in [0.15, 0.2) is 28.7 Å². The van der Waals surface area contributed by atoms with E-state index in [0.717, 1.165) is 4.47 Å². The summed E-state index contributed by atoms with van der Waals surface area (Å²) in [5.74, 6) is -1.31. The second-order valence-electron chi connectivity index (χ2n) is 5.73. The van der Waals surface area contributed by atoms with Crippen molar-refractivity contribution in [1.82, 2.24) is 10.6 Å². The molecule has 7 nitrogen and oxygen atoms in total. The molecule has 24 heavy (non-hydrogen) atoms. The molecule has 8 heteroatoms. The number of nitrogens with one attached hydrogen (secondary N) is 3. The third-order valence-electron chi connectivity index (χ3n) is 3.08. The van der Waals surface area contributed by atoms with Gasteiger partial charge in [0, 0.05) is 23.1 Å². The minimum Gasteiger partial charge on any atom is -0.480 e. The first-order chi connectivity index (χ1) is 11.3. The maximum Gasteiger partial charge on any atom is 0.326 e. The predicted octanol–water partition coefficient (Wildman–Crippen LogP) is 2.58. The van der Waals surface area contributed by atoms with E-state index in [1.165, 1.54) is 0 Å². The number of halogens is 1. The molecule has 0 saturated heterocycles. The maximum atomic E-state index is 11.8. The zero-order chi connectivity index (χ0) is 18.1. The van der Waals surface area contributed by atoms with Crippen molar-refractivity contribution in [3.63, 3.8) is 0 Å². The summed E-state index contributed by atoms with van der Waals surface area (Å²) >= 11 is 3.30. The van der Waals surface area contributed by atoms with Crippen molar-refractivity contribution in [2.24, 2.45) is 5.92 Å². The molecule has 4 N–H and O–H groups in total. The minimum atomic E-state index is -1.06. The average molecular weight is 400 g/mol. The first kappa shape index (κ1) is 20.0. The second-order valence-corrected chi connectivity index (χ2v) is 6.64. The summed E-state index contributed by atoms with van der Waals surface area (Å²) in [7, 11) is 0. The van der Waals surface area contributed by atoms with Crippen molar-refractivity contribution in [3.05, 3.63) is 28.7 Å². The SMILES string of the molecule is CC(C)CC(NC(=O)CCNC(=O)Nc1ccc(Br)cc1)C(=O)O. The molecule has 132 valence electrons. The Morgan fingerprint density at radius 1 is 1.17 bits per heavy atom. The highest BCUT2D eigenvalue weighted by atomic mass is 79.9. The molecule has 0 saturated carbocycles. The van der Waals surface area contributed by atoms with E-state index in [9.17, 15) is 14.4 Å². The van der Waals surface area contributed by atoms with E-state index in [4.69, 9.17) is 5.11 Å². The van der Waals surface area contributed by atoms with E-state index in [1.807, 2.05) is 13.8 Å². The van der Waals surface area contributed by atoms with Crippen molar-refractivity contribution < 1.29 is 19.5 Å². The third kappa shape index (κ3) is 7.96. The number of urea groups is 1. The molecular weight excluding hydrogens is 378 g/mol. The molecule has 0 fully saturated rings. The van der Waals surface area contributed by atoms with E-state index < -0.39 is 23.9 Å². The number of amides is 3. The fourth-order valence-electron chi connectivity index (χ4n) is 1.96. The molecule has 0 heterocycles. The van der Waals surface area contributed by atoms with Gasteiger partial charge in [0.25, 0.3) is 0 Å². The van der Waals surface area contributed by atoms with Gasteiger partial charge in [0.1, 0.15) is 6.04 Å². The van der Waals surface area contributed by atoms with Gasteiger partial charge in [-0.05, 0) is 36.6 Å². The Bertz CT molecular complexity index is 575. The number of carbonyl (C=O) groups excluding carboxylic acids is 2. The number of rotatable bonds is 8. The monoisotopic (exact) mass is 399 g/mol. The number of hydrogen-bond donors (Lipinski definition) is 4. The van der Waals surface area contributed by atoms with Crippen molar-refractivity contribution >= 4 is 39.5 Å².